The summed E-state index contributed by atoms with van der Waals surface area (Å²) in [6.45, 7) is 3.80. The number of carbonyl (C=O) groups is 1. The summed E-state index contributed by atoms with van der Waals surface area (Å²) < 4.78 is 7.72. The van der Waals surface area contributed by atoms with Gasteiger partial charge < -0.3 is 14.6 Å². The average molecular weight is 389 g/mol. The Kier molecular flexibility index (Phi) is 4.42. The summed E-state index contributed by atoms with van der Waals surface area (Å²) in [5.41, 5.74) is 4.79. The molecule has 1 aliphatic rings. The molecule has 148 valence electrons. The van der Waals surface area contributed by atoms with Gasteiger partial charge in [0.1, 0.15) is 6.61 Å². The highest BCUT2D eigenvalue weighted by atomic mass is 16.6. The molecule has 5 rings (SSSR count). The van der Waals surface area contributed by atoms with Gasteiger partial charge in [0, 0.05) is 37.1 Å². The molecule has 0 aliphatic carbocycles. The van der Waals surface area contributed by atoms with E-state index in [1.165, 1.54) is 0 Å². The second-order valence-electron chi connectivity index (χ2n) is 7.57. The molecule has 7 nitrogen and oxygen atoms in total. The first-order valence-corrected chi connectivity index (χ1v) is 9.99. The highest BCUT2D eigenvalue weighted by molar-refractivity contribution is 5.75. The molecule has 1 fully saturated rings. The van der Waals surface area contributed by atoms with Crippen molar-refractivity contribution in [3.8, 4) is 0 Å². The number of benzene rings is 1. The van der Waals surface area contributed by atoms with Crippen LogP contribution in [0.1, 0.15) is 30.5 Å². The van der Waals surface area contributed by atoms with Crippen LogP contribution in [-0.2, 0) is 11.3 Å². The van der Waals surface area contributed by atoms with Gasteiger partial charge in [0.05, 0.1) is 11.7 Å². The van der Waals surface area contributed by atoms with Crippen LogP contribution in [0.2, 0.25) is 0 Å². The molecule has 7 heteroatoms. The minimum atomic E-state index is -0.253. The first-order chi connectivity index (χ1) is 14.2. The summed E-state index contributed by atoms with van der Waals surface area (Å²) in [5, 5.41) is 0. The summed E-state index contributed by atoms with van der Waals surface area (Å²) in [4.78, 5) is 26.7. The molecule has 1 amide bonds. The van der Waals surface area contributed by atoms with Gasteiger partial charge >= 0.3 is 6.09 Å². The third-order valence-electron chi connectivity index (χ3n) is 5.88. The molecule has 0 spiro atoms. The molecule has 2 atom stereocenters. The van der Waals surface area contributed by atoms with E-state index in [-0.39, 0.29) is 12.0 Å². The van der Waals surface area contributed by atoms with Crippen molar-refractivity contribution in [3.05, 3.63) is 66.2 Å². The average Bonchev–Trinajstić information content (AvgIpc) is 3.48. The van der Waals surface area contributed by atoms with Crippen LogP contribution in [0, 0.1) is 5.92 Å². The van der Waals surface area contributed by atoms with Crippen molar-refractivity contribution < 1.29 is 9.53 Å². The van der Waals surface area contributed by atoms with E-state index in [0.29, 0.717) is 25.6 Å². The highest BCUT2D eigenvalue weighted by Crippen LogP contribution is 2.36. The lowest BCUT2D eigenvalue weighted by Crippen LogP contribution is -2.29. The second-order valence-corrected chi connectivity index (χ2v) is 7.57. The van der Waals surface area contributed by atoms with Crippen LogP contribution in [-0.4, -0.2) is 43.4 Å². The second kappa shape index (κ2) is 7.24. The van der Waals surface area contributed by atoms with E-state index < -0.39 is 0 Å². The SMILES string of the molecule is CC[C@@H]1CN(C(=O)OCc2ccccc2)C[C@H]1c1cnc2cnc3[nH]ccc3n12. The lowest BCUT2D eigenvalue weighted by molar-refractivity contribution is 0.103. The van der Waals surface area contributed by atoms with Gasteiger partial charge in [0.15, 0.2) is 11.3 Å². The number of aromatic amines is 1. The smallest absolute Gasteiger partial charge is 0.410 e. The Balaban J connectivity index is 1.39. The number of imidazole rings is 1. The highest BCUT2D eigenvalue weighted by Gasteiger charge is 2.37. The summed E-state index contributed by atoms with van der Waals surface area (Å²) in [6, 6.07) is 11.8. The van der Waals surface area contributed by atoms with Gasteiger partial charge in [-0.05, 0) is 17.5 Å². The Morgan fingerprint density at radius 2 is 2.03 bits per heavy atom. The van der Waals surface area contributed by atoms with Crippen molar-refractivity contribution in [1.29, 1.82) is 0 Å². The van der Waals surface area contributed by atoms with Crippen LogP contribution in [0.15, 0.2) is 55.0 Å². The minimum Gasteiger partial charge on any atom is -0.445 e. The number of H-pyrrole nitrogens is 1. The third-order valence-corrected chi connectivity index (χ3v) is 5.88. The van der Waals surface area contributed by atoms with E-state index in [4.69, 9.17) is 4.74 Å². The van der Waals surface area contributed by atoms with Crippen LogP contribution >= 0.6 is 0 Å². The van der Waals surface area contributed by atoms with Crippen molar-refractivity contribution in [2.24, 2.45) is 5.92 Å². The van der Waals surface area contributed by atoms with E-state index in [0.717, 1.165) is 34.5 Å². The normalized spacial score (nSPS) is 19.3. The quantitative estimate of drug-likeness (QED) is 0.573. The molecule has 1 N–H and O–H groups in total. The molecule has 4 heterocycles. The van der Waals surface area contributed by atoms with Gasteiger partial charge in [-0.15, -0.1) is 0 Å². The number of hydrogen-bond acceptors (Lipinski definition) is 4. The zero-order valence-electron chi connectivity index (χ0n) is 16.3. The van der Waals surface area contributed by atoms with Gasteiger partial charge in [0.25, 0.3) is 0 Å². The Morgan fingerprint density at radius 1 is 1.17 bits per heavy atom. The van der Waals surface area contributed by atoms with Gasteiger partial charge in [-0.2, -0.15) is 0 Å². The first-order valence-electron chi connectivity index (χ1n) is 9.99. The van der Waals surface area contributed by atoms with Crippen molar-refractivity contribution in [2.45, 2.75) is 25.9 Å². The Hall–Kier alpha value is -3.35. The fourth-order valence-electron chi connectivity index (χ4n) is 4.33. The number of fused-ring (bicyclic) bond motifs is 3. The number of ether oxygens (including phenoxy) is 1. The van der Waals surface area contributed by atoms with E-state index in [1.807, 2.05) is 53.7 Å². The molecule has 1 aromatic carbocycles. The summed E-state index contributed by atoms with van der Waals surface area (Å²) in [5.74, 6) is 0.570. The number of nitrogens with one attached hydrogen (secondary N) is 1. The predicted molar refractivity (Wildman–Crippen MR) is 110 cm³/mol. The molecular formula is C22H23N5O2. The van der Waals surface area contributed by atoms with Crippen LogP contribution in [0.25, 0.3) is 16.8 Å². The fourth-order valence-corrected chi connectivity index (χ4v) is 4.33. The van der Waals surface area contributed by atoms with Crippen LogP contribution in [0.3, 0.4) is 0 Å². The maximum Gasteiger partial charge on any atom is 0.410 e. The van der Waals surface area contributed by atoms with Gasteiger partial charge in [-0.1, -0.05) is 43.7 Å². The lowest BCUT2D eigenvalue weighted by atomic mass is 9.91. The molecule has 0 unspecified atom stereocenters. The third kappa shape index (κ3) is 3.12. The number of nitrogens with zero attached hydrogens (tertiary/aromatic N) is 4. The summed E-state index contributed by atoms with van der Waals surface area (Å²) in [7, 11) is 0. The maximum absolute atomic E-state index is 12.7. The number of rotatable bonds is 4. The standard InChI is InChI=1S/C22H23N5O2/c1-2-16-12-26(22(28)29-14-15-6-4-3-5-7-15)13-17(16)19-10-24-20-11-25-21-18(27(19)20)8-9-23-21/h3-11,16-17,23H,2,12-14H2,1H3/t16-,17-/m1/s1. The number of amides is 1. The maximum atomic E-state index is 12.7. The van der Waals surface area contributed by atoms with Crippen LogP contribution in [0.5, 0.6) is 0 Å². The molecule has 0 bridgehead atoms. The number of likely N-dealkylation sites (tertiary alicyclic amines) is 1. The van der Waals surface area contributed by atoms with Crippen molar-refractivity contribution in [1.82, 2.24) is 24.3 Å². The van der Waals surface area contributed by atoms with E-state index in [1.54, 1.807) is 6.20 Å². The largest absolute Gasteiger partial charge is 0.445 e. The van der Waals surface area contributed by atoms with Gasteiger partial charge in [-0.25, -0.2) is 14.8 Å². The molecular weight excluding hydrogens is 366 g/mol. The van der Waals surface area contributed by atoms with E-state index in [2.05, 4.69) is 26.3 Å². The topological polar surface area (TPSA) is 75.5 Å². The zero-order valence-corrected chi connectivity index (χ0v) is 16.3. The predicted octanol–water partition coefficient (Wildman–Crippen LogP) is 3.97. The molecule has 29 heavy (non-hydrogen) atoms. The Labute approximate surface area is 168 Å². The van der Waals surface area contributed by atoms with E-state index in [9.17, 15) is 4.79 Å². The minimum absolute atomic E-state index is 0.208. The first kappa shape index (κ1) is 17.7. The molecule has 0 saturated carbocycles. The van der Waals surface area contributed by atoms with Crippen molar-refractivity contribution in [2.75, 3.05) is 13.1 Å². The number of carbonyl (C=O) groups excluding carboxylic acids is 1. The number of hydrogen-bond donors (Lipinski definition) is 1. The van der Waals surface area contributed by atoms with Gasteiger partial charge in [0.2, 0.25) is 0 Å². The van der Waals surface area contributed by atoms with E-state index >= 15 is 0 Å². The molecule has 1 saturated heterocycles. The molecule has 0 radical (unpaired) electrons. The fraction of sp³-hybridized carbons (Fsp3) is 0.318. The molecule has 1 aliphatic heterocycles. The van der Waals surface area contributed by atoms with Crippen LogP contribution < -0.4 is 0 Å². The summed E-state index contributed by atoms with van der Waals surface area (Å²) in [6.07, 6.45) is 6.33. The monoisotopic (exact) mass is 389 g/mol. The molecule has 3 aromatic heterocycles. The summed E-state index contributed by atoms with van der Waals surface area (Å²) >= 11 is 0. The molecule has 4 aromatic rings. The lowest BCUT2D eigenvalue weighted by Gasteiger charge is -2.16. The van der Waals surface area contributed by atoms with Gasteiger partial charge in [-0.3, -0.25) is 4.40 Å². The van der Waals surface area contributed by atoms with Crippen molar-refractivity contribution in [3.63, 3.8) is 0 Å². The Bertz CT molecular complexity index is 1150. The van der Waals surface area contributed by atoms with Crippen LogP contribution in [0.4, 0.5) is 4.79 Å². The Morgan fingerprint density at radius 3 is 2.86 bits per heavy atom. The number of aromatic nitrogens is 4. The zero-order chi connectivity index (χ0) is 19.8. The van der Waals surface area contributed by atoms with Crippen molar-refractivity contribution >= 4 is 22.9 Å².